The summed E-state index contributed by atoms with van der Waals surface area (Å²) in [5, 5.41) is 0. The number of benzene rings is 2. The molecule has 2 heterocycles. The maximum atomic E-state index is 13.2. The van der Waals surface area contributed by atoms with Crippen LogP contribution in [0.3, 0.4) is 0 Å². The largest absolute Gasteiger partial charge is 0.496 e. The molecule has 29 heavy (non-hydrogen) atoms. The number of allylic oxidation sites excluding steroid dienone is 1. The fourth-order valence-corrected chi connectivity index (χ4v) is 4.06. The van der Waals surface area contributed by atoms with Gasteiger partial charge in [0.15, 0.2) is 11.5 Å². The molecule has 6 heteroatoms. The van der Waals surface area contributed by atoms with E-state index in [-0.39, 0.29) is 11.5 Å². The summed E-state index contributed by atoms with van der Waals surface area (Å²) in [5.74, 6) is 1.69. The number of halogens is 1. The fourth-order valence-electron chi connectivity index (χ4n) is 3.66. The standard InChI is InChI=1S/C23H22BrNO4/c1-25-10-8-14(9-11-25)20-17(27-2)13-18(28-3)21-22(26)19(29-23(20)21)12-15-6-4-5-7-16(15)24/h4-8,12-13H,9-11H2,1-3H3/b19-12-. The Balaban J connectivity index is 1.87. The second-order valence-electron chi connectivity index (χ2n) is 7.06. The first-order valence-electron chi connectivity index (χ1n) is 9.39. The molecule has 5 nitrogen and oxygen atoms in total. The molecule has 0 saturated carbocycles. The van der Waals surface area contributed by atoms with E-state index in [1.54, 1.807) is 26.4 Å². The smallest absolute Gasteiger partial charge is 0.235 e. The number of carbonyl (C=O) groups excluding carboxylic acids is 1. The van der Waals surface area contributed by atoms with Crippen LogP contribution in [0.15, 0.2) is 46.6 Å². The summed E-state index contributed by atoms with van der Waals surface area (Å²) in [4.78, 5) is 15.5. The molecule has 4 rings (SSSR count). The highest BCUT2D eigenvalue weighted by atomic mass is 79.9. The average Bonchev–Trinajstić information content (AvgIpc) is 3.05. The predicted octanol–water partition coefficient (Wildman–Crippen LogP) is 4.80. The van der Waals surface area contributed by atoms with Crippen molar-refractivity contribution in [2.45, 2.75) is 6.42 Å². The topological polar surface area (TPSA) is 48.0 Å². The Kier molecular flexibility index (Phi) is 5.48. The quantitative estimate of drug-likeness (QED) is 0.619. The molecule has 2 aliphatic rings. The van der Waals surface area contributed by atoms with Gasteiger partial charge in [0.25, 0.3) is 0 Å². The number of ketones is 1. The van der Waals surface area contributed by atoms with Crippen LogP contribution >= 0.6 is 15.9 Å². The number of Topliss-reactive ketones (excluding diaryl/α,β-unsaturated/α-hetero) is 1. The van der Waals surface area contributed by atoms with Crippen molar-refractivity contribution >= 4 is 33.4 Å². The molecule has 0 atom stereocenters. The molecule has 2 aromatic carbocycles. The van der Waals surface area contributed by atoms with Crippen molar-refractivity contribution in [1.29, 1.82) is 0 Å². The fraction of sp³-hybridized carbons (Fsp3) is 0.261. The lowest BCUT2D eigenvalue weighted by molar-refractivity contribution is 0.101. The number of fused-ring (bicyclic) bond motifs is 1. The van der Waals surface area contributed by atoms with Gasteiger partial charge in [0.2, 0.25) is 5.78 Å². The Morgan fingerprint density at radius 2 is 1.86 bits per heavy atom. The van der Waals surface area contributed by atoms with Gasteiger partial charge in [-0.2, -0.15) is 0 Å². The Morgan fingerprint density at radius 1 is 1.14 bits per heavy atom. The van der Waals surface area contributed by atoms with Crippen molar-refractivity contribution in [2.75, 3.05) is 34.4 Å². The number of hydrogen-bond acceptors (Lipinski definition) is 5. The Labute approximate surface area is 178 Å². The Hall–Kier alpha value is -2.57. The molecule has 0 saturated heterocycles. The van der Waals surface area contributed by atoms with Crippen molar-refractivity contribution in [2.24, 2.45) is 0 Å². The first-order valence-corrected chi connectivity index (χ1v) is 10.2. The van der Waals surface area contributed by atoms with Crippen LogP contribution in [0.1, 0.15) is 27.9 Å². The summed E-state index contributed by atoms with van der Waals surface area (Å²) in [7, 11) is 5.25. The maximum absolute atomic E-state index is 13.2. The molecular weight excluding hydrogens is 434 g/mol. The summed E-state index contributed by atoms with van der Waals surface area (Å²) in [6.07, 6.45) is 4.77. The van der Waals surface area contributed by atoms with Gasteiger partial charge >= 0.3 is 0 Å². The number of hydrogen-bond donors (Lipinski definition) is 0. The molecule has 0 aromatic heterocycles. The first kappa shape index (κ1) is 19.7. The van der Waals surface area contributed by atoms with Gasteiger partial charge in [-0.25, -0.2) is 0 Å². The van der Waals surface area contributed by atoms with Gasteiger partial charge in [0, 0.05) is 23.6 Å². The molecule has 150 valence electrons. The number of methoxy groups -OCH3 is 2. The van der Waals surface area contributed by atoms with E-state index in [4.69, 9.17) is 14.2 Å². The van der Waals surface area contributed by atoms with E-state index in [1.807, 2.05) is 24.3 Å². The van der Waals surface area contributed by atoms with Crippen LogP contribution in [-0.4, -0.2) is 45.0 Å². The van der Waals surface area contributed by atoms with Crippen LogP contribution < -0.4 is 14.2 Å². The molecule has 0 radical (unpaired) electrons. The number of carbonyl (C=O) groups is 1. The first-order chi connectivity index (χ1) is 14.0. The third-order valence-electron chi connectivity index (χ3n) is 5.24. The number of likely N-dealkylation sites (N-methyl/N-ethyl adjacent to an activating group) is 1. The number of rotatable bonds is 4. The number of nitrogens with zero attached hydrogens (tertiary/aromatic N) is 1. The van der Waals surface area contributed by atoms with E-state index >= 15 is 0 Å². The SMILES string of the molecule is COc1cc(OC)c(C2=CCN(C)CC2)c2c1C(=O)/C(=C/c1ccccc1Br)O2. The van der Waals surface area contributed by atoms with E-state index in [0.717, 1.165) is 40.7 Å². The van der Waals surface area contributed by atoms with Gasteiger partial charge in [-0.05, 0) is 36.7 Å². The van der Waals surface area contributed by atoms with Gasteiger partial charge in [0.1, 0.15) is 17.1 Å². The van der Waals surface area contributed by atoms with Crippen molar-refractivity contribution in [3.05, 3.63) is 63.3 Å². The molecule has 0 spiro atoms. The van der Waals surface area contributed by atoms with Gasteiger partial charge in [-0.15, -0.1) is 0 Å². The van der Waals surface area contributed by atoms with Gasteiger partial charge < -0.3 is 19.1 Å². The lowest BCUT2D eigenvalue weighted by Crippen LogP contribution is -2.23. The molecule has 2 aliphatic heterocycles. The highest BCUT2D eigenvalue weighted by Gasteiger charge is 2.36. The zero-order chi connectivity index (χ0) is 20.5. The minimum atomic E-state index is -0.190. The summed E-state index contributed by atoms with van der Waals surface area (Å²) in [6.45, 7) is 1.77. The lowest BCUT2D eigenvalue weighted by Gasteiger charge is -2.24. The molecule has 0 unspecified atom stereocenters. The summed E-state index contributed by atoms with van der Waals surface area (Å²) in [6, 6.07) is 9.47. The normalized spacial score (nSPS) is 17.7. The maximum Gasteiger partial charge on any atom is 0.235 e. The van der Waals surface area contributed by atoms with Crippen LogP contribution in [0.2, 0.25) is 0 Å². The van der Waals surface area contributed by atoms with Crippen LogP contribution in [-0.2, 0) is 0 Å². The second kappa shape index (κ2) is 8.05. The van der Waals surface area contributed by atoms with Crippen LogP contribution in [0, 0.1) is 0 Å². The van der Waals surface area contributed by atoms with Crippen LogP contribution in [0.5, 0.6) is 17.2 Å². The molecular formula is C23H22BrNO4. The van der Waals surface area contributed by atoms with E-state index in [2.05, 4.69) is 34.0 Å². The molecule has 0 fully saturated rings. The summed E-state index contributed by atoms with van der Waals surface area (Å²) in [5.41, 5.74) is 3.27. The highest BCUT2D eigenvalue weighted by Crippen LogP contribution is 2.49. The Bertz CT molecular complexity index is 1040. The lowest BCUT2D eigenvalue weighted by atomic mass is 9.94. The van der Waals surface area contributed by atoms with Crippen molar-refractivity contribution < 1.29 is 19.0 Å². The summed E-state index contributed by atoms with van der Waals surface area (Å²) >= 11 is 3.52. The zero-order valence-electron chi connectivity index (χ0n) is 16.6. The Morgan fingerprint density at radius 3 is 2.52 bits per heavy atom. The molecule has 0 bridgehead atoms. The molecule has 0 N–H and O–H groups in total. The van der Waals surface area contributed by atoms with Crippen molar-refractivity contribution in [3.63, 3.8) is 0 Å². The third-order valence-corrected chi connectivity index (χ3v) is 5.96. The molecule has 2 aromatic rings. The van der Waals surface area contributed by atoms with E-state index in [9.17, 15) is 4.79 Å². The van der Waals surface area contributed by atoms with Gasteiger partial charge in [-0.1, -0.05) is 40.2 Å². The highest BCUT2D eigenvalue weighted by molar-refractivity contribution is 9.10. The zero-order valence-corrected chi connectivity index (χ0v) is 18.2. The second-order valence-corrected chi connectivity index (χ2v) is 7.92. The van der Waals surface area contributed by atoms with E-state index in [0.29, 0.717) is 22.8 Å². The van der Waals surface area contributed by atoms with Crippen LogP contribution in [0.4, 0.5) is 0 Å². The van der Waals surface area contributed by atoms with E-state index in [1.165, 1.54) is 0 Å². The third kappa shape index (κ3) is 3.58. The molecule has 0 aliphatic carbocycles. The minimum absolute atomic E-state index is 0.190. The van der Waals surface area contributed by atoms with Crippen molar-refractivity contribution in [3.8, 4) is 17.2 Å². The van der Waals surface area contributed by atoms with Crippen molar-refractivity contribution in [1.82, 2.24) is 4.90 Å². The monoisotopic (exact) mass is 455 g/mol. The number of ether oxygens (including phenoxy) is 3. The van der Waals surface area contributed by atoms with E-state index < -0.39 is 0 Å². The average molecular weight is 456 g/mol. The van der Waals surface area contributed by atoms with Crippen LogP contribution in [0.25, 0.3) is 11.6 Å². The predicted molar refractivity (Wildman–Crippen MR) is 117 cm³/mol. The molecule has 0 amide bonds. The summed E-state index contributed by atoms with van der Waals surface area (Å²) < 4.78 is 18.2. The van der Waals surface area contributed by atoms with Gasteiger partial charge in [-0.3, -0.25) is 4.79 Å². The van der Waals surface area contributed by atoms with Gasteiger partial charge in [0.05, 0.1) is 19.8 Å². The minimum Gasteiger partial charge on any atom is -0.496 e.